The van der Waals surface area contributed by atoms with Crippen molar-refractivity contribution in [1.29, 1.82) is 0 Å². The van der Waals surface area contributed by atoms with Gasteiger partial charge in [0.05, 0.1) is 13.2 Å². The lowest BCUT2D eigenvalue weighted by molar-refractivity contribution is -0.136. The molecule has 2 aromatic carbocycles. The molecule has 36 heavy (non-hydrogen) atoms. The van der Waals surface area contributed by atoms with Gasteiger partial charge in [0, 0.05) is 36.0 Å². The molecule has 0 bridgehead atoms. The zero-order valence-electron chi connectivity index (χ0n) is 21.1. The highest BCUT2D eigenvalue weighted by atomic mass is 16.5. The van der Waals surface area contributed by atoms with Crippen molar-refractivity contribution in [3.8, 4) is 5.75 Å². The summed E-state index contributed by atoms with van der Waals surface area (Å²) in [5.74, 6) is 0.0690. The van der Waals surface area contributed by atoms with E-state index in [-0.39, 0.29) is 23.6 Å². The van der Waals surface area contributed by atoms with E-state index in [0.29, 0.717) is 36.8 Å². The highest BCUT2D eigenvalue weighted by molar-refractivity contribution is 6.43. The molecule has 2 saturated heterocycles. The number of nitrogens with zero attached hydrogens (tertiary/aromatic N) is 2. The van der Waals surface area contributed by atoms with Gasteiger partial charge in [-0.1, -0.05) is 30.3 Å². The van der Waals surface area contributed by atoms with Crippen LogP contribution in [-0.4, -0.2) is 81.6 Å². The number of ether oxygens (including phenoxy) is 2. The summed E-state index contributed by atoms with van der Waals surface area (Å²) in [6.45, 7) is 3.21. The first-order valence-corrected chi connectivity index (χ1v) is 12.6. The molecule has 0 aromatic heterocycles. The molecule has 2 aromatic rings. The summed E-state index contributed by atoms with van der Waals surface area (Å²) in [7, 11) is 6.50. The second-order valence-electron chi connectivity index (χ2n) is 10.4. The second kappa shape index (κ2) is 9.79. The van der Waals surface area contributed by atoms with E-state index in [2.05, 4.69) is 58.0 Å². The number of benzene rings is 2. The van der Waals surface area contributed by atoms with Crippen LogP contribution in [0.15, 0.2) is 42.5 Å². The van der Waals surface area contributed by atoms with E-state index >= 15 is 0 Å². The Bertz CT molecular complexity index is 1190. The van der Waals surface area contributed by atoms with E-state index in [4.69, 9.17) is 9.47 Å². The van der Waals surface area contributed by atoms with Gasteiger partial charge in [0.2, 0.25) is 11.8 Å². The Labute approximate surface area is 213 Å². The van der Waals surface area contributed by atoms with Crippen LogP contribution in [0.1, 0.15) is 39.9 Å². The average molecular weight is 485 g/mol. The molecule has 5 rings (SSSR count). The van der Waals surface area contributed by atoms with Crippen LogP contribution in [-0.2, 0) is 34.0 Å². The van der Waals surface area contributed by atoms with Gasteiger partial charge in [0.15, 0.2) is 0 Å². The number of amides is 3. The van der Waals surface area contributed by atoms with E-state index in [0.717, 1.165) is 30.8 Å². The number of hydrogen-bond acceptors (Lipinski definition) is 6. The number of carbonyl (C=O) groups excluding carboxylic acids is 3. The van der Waals surface area contributed by atoms with Crippen LogP contribution >= 0.6 is 0 Å². The average Bonchev–Trinajstić information content (AvgIpc) is 3.18. The van der Waals surface area contributed by atoms with Crippen LogP contribution < -0.4 is 10.1 Å². The molecule has 2 fully saturated rings. The first-order chi connectivity index (χ1) is 17.2. The summed E-state index contributed by atoms with van der Waals surface area (Å²) in [6, 6.07) is 13.2. The van der Waals surface area contributed by atoms with Crippen LogP contribution in [0.4, 0.5) is 0 Å². The molecule has 0 radical (unpaired) electrons. The highest BCUT2D eigenvalue weighted by Gasteiger charge is 2.40. The summed E-state index contributed by atoms with van der Waals surface area (Å²) in [5.41, 5.74) is 3.62. The topological polar surface area (TPSA) is 88.2 Å². The molecule has 2 unspecified atom stereocenters. The van der Waals surface area contributed by atoms with Crippen molar-refractivity contribution in [2.24, 2.45) is 0 Å². The van der Waals surface area contributed by atoms with Crippen LogP contribution in [0, 0.1) is 0 Å². The monoisotopic (exact) mass is 485 g/mol. The van der Waals surface area contributed by atoms with Crippen LogP contribution in [0.25, 0.3) is 0 Å². The predicted molar refractivity (Wildman–Crippen MR) is 142 cm³/mol. The van der Waals surface area contributed by atoms with E-state index < -0.39 is 11.9 Å². The molecule has 3 aliphatic heterocycles. The van der Waals surface area contributed by atoms with Crippen LogP contribution in [0.3, 0.4) is 0 Å². The highest BCUT2D eigenvalue weighted by Crippen LogP contribution is 2.34. The summed E-state index contributed by atoms with van der Waals surface area (Å²) >= 11 is 0. The quantitative estimate of drug-likeness (QED) is 0.407. The molecule has 0 aliphatic carbocycles. The molecule has 2 atom stereocenters. The van der Waals surface area contributed by atoms with E-state index in [9.17, 15) is 14.4 Å². The first kappa shape index (κ1) is 24.7. The Hall–Kier alpha value is -3.04. The second-order valence-corrected chi connectivity index (χ2v) is 10.4. The third-order valence-corrected chi connectivity index (χ3v) is 7.75. The molecule has 8 nitrogen and oxygen atoms in total. The zero-order valence-corrected chi connectivity index (χ0v) is 21.1. The van der Waals surface area contributed by atoms with Gasteiger partial charge < -0.3 is 19.3 Å². The summed E-state index contributed by atoms with van der Waals surface area (Å²) < 4.78 is 12.0. The molecule has 0 saturated carbocycles. The van der Waals surface area contributed by atoms with Crippen LogP contribution in [0.2, 0.25) is 0 Å². The minimum atomic E-state index is -0.636. The maximum Gasteiger partial charge on any atom is 0.255 e. The zero-order chi connectivity index (χ0) is 25.4. The van der Waals surface area contributed by atoms with Crippen molar-refractivity contribution < 1.29 is 23.9 Å². The standard InChI is InChI=1S/C25H30B3N3O5/c26-24-25(27,28)36-11-10-30(24)12-15-4-6-16(7-5-15)14-35-20-3-1-2-17-18(20)13-31(23(17)34)19-8-9-21(32)29-22(19)33/h1-7,19,24H,8-14,26-28H2,(H,29,32,33). The summed E-state index contributed by atoms with van der Waals surface area (Å²) in [5, 5.41) is 2.18. The Morgan fingerprint density at radius 1 is 1.08 bits per heavy atom. The minimum Gasteiger partial charge on any atom is -0.489 e. The summed E-state index contributed by atoms with van der Waals surface area (Å²) in [6.07, 6.45) is 0.575. The molecule has 3 heterocycles. The van der Waals surface area contributed by atoms with Gasteiger partial charge in [0.25, 0.3) is 5.91 Å². The lowest BCUT2D eigenvalue weighted by atomic mass is 9.54. The molecule has 3 amide bonds. The molecule has 11 heteroatoms. The predicted octanol–water partition coefficient (Wildman–Crippen LogP) is -1.26. The van der Waals surface area contributed by atoms with Gasteiger partial charge in [-0.15, -0.1) is 0 Å². The maximum absolute atomic E-state index is 13.0. The number of carbonyl (C=O) groups is 3. The third-order valence-electron chi connectivity index (χ3n) is 7.75. The fourth-order valence-electron chi connectivity index (χ4n) is 5.22. The van der Waals surface area contributed by atoms with Gasteiger partial charge in [0.1, 0.15) is 41.9 Å². The number of rotatable bonds is 6. The van der Waals surface area contributed by atoms with Crippen molar-refractivity contribution in [2.75, 3.05) is 13.2 Å². The van der Waals surface area contributed by atoms with Gasteiger partial charge in [-0.05, 0) is 35.6 Å². The molecule has 3 aliphatic rings. The Morgan fingerprint density at radius 3 is 2.58 bits per heavy atom. The smallest absolute Gasteiger partial charge is 0.255 e. The number of fused-ring (bicyclic) bond motifs is 1. The Morgan fingerprint density at radius 2 is 1.83 bits per heavy atom. The van der Waals surface area contributed by atoms with Gasteiger partial charge >= 0.3 is 0 Å². The Kier molecular flexibility index (Phi) is 6.70. The van der Waals surface area contributed by atoms with Gasteiger partial charge in [-0.3, -0.25) is 19.7 Å². The SMILES string of the molecule is BC1N(Cc2ccc(COc3cccc4c3CN(C3CCC(=O)NC3=O)C4=O)cc2)CCOC1(B)B. The maximum atomic E-state index is 13.0. The lowest BCUT2D eigenvalue weighted by Crippen LogP contribution is -2.60. The third kappa shape index (κ3) is 4.82. The van der Waals surface area contributed by atoms with Crippen molar-refractivity contribution in [3.63, 3.8) is 0 Å². The number of piperidine rings is 1. The van der Waals surface area contributed by atoms with Crippen molar-refractivity contribution in [2.45, 2.75) is 49.9 Å². The molecule has 1 N–H and O–H groups in total. The largest absolute Gasteiger partial charge is 0.489 e. The van der Waals surface area contributed by atoms with Crippen molar-refractivity contribution in [3.05, 3.63) is 64.7 Å². The van der Waals surface area contributed by atoms with E-state index in [1.807, 2.05) is 6.07 Å². The number of morpholine rings is 1. The molecule has 184 valence electrons. The van der Waals surface area contributed by atoms with E-state index in [1.54, 1.807) is 17.0 Å². The van der Waals surface area contributed by atoms with Gasteiger partial charge in [-0.25, -0.2) is 0 Å². The Balaban J connectivity index is 1.22. The fourth-order valence-corrected chi connectivity index (χ4v) is 5.22. The summed E-state index contributed by atoms with van der Waals surface area (Å²) in [4.78, 5) is 40.8. The number of imide groups is 1. The van der Waals surface area contributed by atoms with Crippen molar-refractivity contribution >= 4 is 41.3 Å². The fraction of sp³-hybridized carbons (Fsp3) is 0.400. The molecule has 0 spiro atoms. The van der Waals surface area contributed by atoms with Crippen molar-refractivity contribution in [1.82, 2.24) is 15.1 Å². The normalized spacial score (nSPS) is 23.9. The molecular weight excluding hydrogens is 455 g/mol. The first-order valence-electron chi connectivity index (χ1n) is 12.6. The van der Waals surface area contributed by atoms with Gasteiger partial charge in [-0.2, -0.15) is 0 Å². The van der Waals surface area contributed by atoms with Crippen LogP contribution in [0.5, 0.6) is 5.75 Å². The number of hydrogen-bond donors (Lipinski definition) is 1. The lowest BCUT2D eigenvalue weighted by Gasteiger charge is -2.45. The number of nitrogens with one attached hydrogen (secondary N) is 1. The molecular formula is C25H30B3N3O5. The van der Waals surface area contributed by atoms with E-state index in [1.165, 1.54) is 5.56 Å². The minimum absolute atomic E-state index is 0.156.